The fraction of sp³-hybridized carbons (Fsp3) is 0.167. The van der Waals surface area contributed by atoms with Crippen LogP contribution in [-0.2, 0) is 16.4 Å². The molecule has 0 bridgehead atoms. The first-order chi connectivity index (χ1) is 16.8. The maximum absolute atomic E-state index is 14.9. The largest absolute Gasteiger partial charge is 0.370 e. The van der Waals surface area contributed by atoms with Crippen molar-refractivity contribution in [2.24, 2.45) is 0 Å². The molecule has 2 aromatic heterocycles. The SMILES string of the molecule is O=S(=O)(c1ccc(Cl)cc1)C(c1cc(F)ccc1F)c1cc(NCCCn2ccnc2)ncc1Cl. The van der Waals surface area contributed by atoms with Crippen molar-refractivity contribution in [2.45, 2.75) is 23.1 Å². The van der Waals surface area contributed by atoms with E-state index < -0.39 is 26.7 Å². The highest BCUT2D eigenvalue weighted by atomic mass is 35.5. The Morgan fingerprint density at radius 3 is 2.51 bits per heavy atom. The quantitative estimate of drug-likeness (QED) is 0.268. The van der Waals surface area contributed by atoms with Gasteiger partial charge in [-0.1, -0.05) is 23.2 Å². The summed E-state index contributed by atoms with van der Waals surface area (Å²) >= 11 is 12.3. The normalized spacial score (nSPS) is 12.5. The summed E-state index contributed by atoms with van der Waals surface area (Å²) in [6.07, 6.45) is 7.27. The van der Waals surface area contributed by atoms with E-state index in [1.807, 2.05) is 10.8 Å². The molecule has 1 unspecified atom stereocenters. The van der Waals surface area contributed by atoms with Gasteiger partial charge in [0.2, 0.25) is 0 Å². The van der Waals surface area contributed by atoms with Crippen molar-refractivity contribution in [3.63, 3.8) is 0 Å². The minimum atomic E-state index is -4.27. The third-order valence-corrected chi connectivity index (χ3v) is 7.94. The molecule has 0 aliphatic heterocycles. The van der Waals surface area contributed by atoms with E-state index in [1.165, 1.54) is 36.5 Å². The van der Waals surface area contributed by atoms with Crippen molar-refractivity contribution in [1.29, 1.82) is 0 Å². The molecule has 11 heteroatoms. The van der Waals surface area contributed by atoms with Gasteiger partial charge >= 0.3 is 0 Å². The van der Waals surface area contributed by atoms with Crippen LogP contribution in [0.3, 0.4) is 0 Å². The van der Waals surface area contributed by atoms with Gasteiger partial charge < -0.3 is 9.88 Å². The summed E-state index contributed by atoms with van der Waals surface area (Å²) < 4.78 is 58.4. The van der Waals surface area contributed by atoms with Gasteiger partial charge in [-0.25, -0.2) is 27.2 Å². The minimum absolute atomic E-state index is 0.000153. The van der Waals surface area contributed by atoms with Crippen molar-refractivity contribution in [3.8, 4) is 0 Å². The second-order valence-corrected chi connectivity index (χ2v) is 10.6. The second kappa shape index (κ2) is 10.7. The highest BCUT2D eigenvalue weighted by Crippen LogP contribution is 2.40. The van der Waals surface area contributed by atoms with Crippen LogP contribution in [0.1, 0.15) is 22.8 Å². The zero-order valence-corrected chi connectivity index (χ0v) is 20.5. The topological polar surface area (TPSA) is 76.9 Å². The summed E-state index contributed by atoms with van der Waals surface area (Å²) in [5.41, 5.74) is -0.294. The van der Waals surface area contributed by atoms with E-state index in [1.54, 1.807) is 12.5 Å². The van der Waals surface area contributed by atoms with Gasteiger partial charge in [-0.15, -0.1) is 0 Å². The third-order valence-electron chi connectivity index (χ3n) is 5.32. The Kier molecular flexibility index (Phi) is 7.69. The van der Waals surface area contributed by atoms with Crippen molar-refractivity contribution in [2.75, 3.05) is 11.9 Å². The van der Waals surface area contributed by atoms with Gasteiger partial charge in [-0.3, -0.25) is 0 Å². The van der Waals surface area contributed by atoms with Crippen molar-refractivity contribution < 1.29 is 17.2 Å². The Bertz CT molecular complexity index is 1420. The predicted molar refractivity (Wildman–Crippen MR) is 131 cm³/mol. The number of halogens is 4. The van der Waals surface area contributed by atoms with Crippen LogP contribution in [0.5, 0.6) is 0 Å². The van der Waals surface area contributed by atoms with Crippen LogP contribution in [0.25, 0.3) is 0 Å². The Balaban J connectivity index is 1.72. The van der Waals surface area contributed by atoms with Gasteiger partial charge in [0.05, 0.1) is 16.2 Å². The average molecular weight is 537 g/mol. The molecule has 0 aliphatic carbocycles. The Morgan fingerprint density at radius 1 is 1.03 bits per heavy atom. The molecule has 4 rings (SSSR count). The highest BCUT2D eigenvalue weighted by molar-refractivity contribution is 7.92. The number of anilines is 1. The summed E-state index contributed by atoms with van der Waals surface area (Å²) in [5, 5.41) is 1.83. The van der Waals surface area contributed by atoms with E-state index in [0.29, 0.717) is 17.4 Å². The number of nitrogens with one attached hydrogen (secondary N) is 1. The summed E-state index contributed by atoms with van der Waals surface area (Å²) in [7, 11) is -4.27. The predicted octanol–water partition coefficient (Wildman–Crippen LogP) is 5.93. The molecule has 0 saturated heterocycles. The molecule has 0 radical (unpaired) electrons. The highest BCUT2D eigenvalue weighted by Gasteiger charge is 2.35. The first kappa shape index (κ1) is 25.1. The average Bonchev–Trinajstić information content (AvgIpc) is 3.35. The van der Waals surface area contributed by atoms with Crippen LogP contribution in [0, 0.1) is 11.6 Å². The minimum Gasteiger partial charge on any atom is -0.370 e. The molecule has 0 fully saturated rings. The smallest absolute Gasteiger partial charge is 0.189 e. The summed E-state index contributed by atoms with van der Waals surface area (Å²) in [4.78, 5) is 8.09. The molecule has 182 valence electrons. The summed E-state index contributed by atoms with van der Waals surface area (Å²) in [6, 6.07) is 9.57. The van der Waals surface area contributed by atoms with Crippen LogP contribution < -0.4 is 5.32 Å². The van der Waals surface area contributed by atoms with Gasteiger partial charge in [0.25, 0.3) is 0 Å². The molecule has 0 spiro atoms. The molecule has 2 aromatic carbocycles. The number of aryl methyl sites for hydroxylation is 1. The Morgan fingerprint density at radius 2 is 1.80 bits per heavy atom. The van der Waals surface area contributed by atoms with Gasteiger partial charge in [-0.05, 0) is 60.5 Å². The van der Waals surface area contributed by atoms with E-state index >= 15 is 0 Å². The van der Waals surface area contributed by atoms with E-state index in [9.17, 15) is 17.2 Å². The van der Waals surface area contributed by atoms with E-state index in [-0.39, 0.29) is 21.0 Å². The van der Waals surface area contributed by atoms with Crippen LogP contribution in [0.15, 0.2) is 78.3 Å². The number of rotatable bonds is 9. The lowest BCUT2D eigenvalue weighted by Crippen LogP contribution is -2.18. The number of pyridine rings is 1. The van der Waals surface area contributed by atoms with Gasteiger partial charge in [0.1, 0.15) is 22.7 Å². The van der Waals surface area contributed by atoms with Gasteiger partial charge in [-0.2, -0.15) is 0 Å². The zero-order valence-electron chi connectivity index (χ0n) is 18.2. The van der Waals surface area contributed by atoms with Crippen LogP contribution in [0.2, 0.25) is 10.0 Å². The van der Waals surface area contributed by atoms with E-state index in [0.717, 1.165) is 31.2 Å². The molecule has 6 nitrogen and oxygen atoms in total. The molecule has 0 saturated carbocycles. The standard InChI is InChI=1S/C24H20Cl2F2N4O2S/c25-16-2-5-18(6-3-16)35(33,34)24(20-12-17(27)4-7-22(20)28)19-13-23(31-14-21(19)26)30-8-1-10-32-11-9-29-15-32/h2-7,9,11-15,24H,1,8,10H2,(H,30,31). The number of imidazole rings is 1. The number of hydrogen-bond donors (Lipinski definition) is 1. The van der Waals surface area contributed by atoms with Crippen molar-refractivity contribution in [1.82, 2.24) is 14.5 Å². The second-order valence-electron chi connectivity index (χ2n) is 7.72. The van der Waals surface area contributed by atoms with Crippen LogP contribution in [0.4, 0.5) is 14.6 Å². The Hall–Kier alpha value is -3.01. The lowest BCUT2D eigenvalue weighted by Gasteiger charge is -2.21. The van der Waals surface area contributed by atoms with Gasteiger partial charge in [0.15, 0.2) is 9.84 Å². The molecule has 1 N–H and O–H groups in total. The van der Waals surface area contributed by atoms with Crippen LogP contribution >= 0.6 is 23.2 Å². The lowest BCUT2D eigenvalue weighted by atomic mass is 10.0. The van der Waals surface area contributed by atoms with Gasteiger partial charge in [0, 0.05) is 42.3 Å². The lowest BCUT2D eigenvalue weighted by molar-refractivity contribution is 0.569. The fourth-order valence-corrected chi connectivity index (χ4v) is 5.86. The molecule has 4 aromatic rings. The maximum atomic E-state index is 14.9. The molecule has 35 heavy (non-hydrogen) atoms. The number of hydrogen-bond acceptors (Lipinski definition) is 5. The van der Waals surface area contributed by atoms with Crippen LogP contribution in [-0.4, -0.2) is 29.5 Å². The molecular formula is C24H20Cl2F2N4O2S. The third kappa shape index (κ3) is 5.80. The zero-order chi connectivity index (χ0) is 25.0. The molecule has 0 aliphatic rings. The van der Waals surface area contributed by atoms with E-state index in [2.05, 4.69) is 15.3 Å². The van der Waals surface area contributed by atoms with E-state index in [4.69, 9.17) is 23.2 Å². The first-order valence-corrected chi connectivity index (χ1v) is 12.9. The van der Waals surface area contributed by atoms with Crippen molar-refractivity contribution >= 4 is 38.9 Å². The number of benzene rings is 2. The number of aromatic nitrogens is 3. The fourth-order valence-electron chi connectivity index (χ4n) is 3.63. The number of nitrogens with zero attached hydrogens (tertiary/aromatic N) is 3. The molecule has 2 heterocycles. The maximum Gasteiger partial charge on any atom is 0.189 e. The summed E-state index contributed by atoms with van der Waals surface area (Å²) in [6.45, 7) is 1.24. The molecular weight excluding hydrogens is 517 g/mol. The number of sulfone groups is 1. The monoisotopic (exact) mass is 536 g/mol. The first-order valence-electron chi connectivity index (χ1n) is 10.5. The molecule has 1 atom stereocenters. The summed E-state index contributed by atoms with van der Waals surface area (Å²) in [5.74, 6) is -1.31. The van der Waals surface area contributed by atoms with Crippen molar-refractivity contribution in [3.05, 3.63) is 106 Å². The Labute approximate surface area is 211 Å². The molecule has 0 amide bonds.